The van der Waals surface area contributed by atoms with Gasteiger partial charge in [-0.25, -0.2) is 9.67 Å². The molecular weight excluding hydrogens is 362 g/mol. The Labute approximate surface area is 171 Å². The van der Waals surface area contributed by atoms with Crippen LogP contribution in [-0.4, -0.2) is 25.6 Å². The number of fused-ring (bicyclic) bond motifs is 1. The van der Waals surface area contributed by atoms with E-state index >= 15 is 0 Å². The van der Waals surface area contributed by atoms with Gasteiger partial charge in [0.05, 0.1) is 6.04 Å². The molecule has 2 heterocycles. The third-order valence-corrected chi connectivity index (χ3v) is 5.33. The first kappa shape index (κ1) is 19.3. The highest BCUT2D eigenvalue weighted by molar-refractivity contribution is 5.91. The number of nitrogens with zero attached hydrogens (tertiary/aromatic N) is 4. The minimum absolute atomic E-state index is 0.0101. The van der Waals surface area contributed by atoms with Crippen LogP contribution in [0.1, 0.15) is 47.7 Å². The number of benzene rings is 2. The summed E-state index contributed by atoms with van der Waals surface area (Å²) in [6.45, 7) is 8.55. The van der Waals surface area contributed by atoms with Crippen molar-refractivity contribution in [3.63, 3.8) is 0 Å². The number of carbonyl (C=O) groups is 1. The molecule has 0 radical (unpaired) electrons. The molecule has 1 atom stereocenters. The number of rotatable bonds is 6. The van der Waals surface area contributed by atoms with Gasteiger partial charge < -0.3 is 5.32 Å². The van der Waals surface area contributed by atoms with Crippen molar-refractivity contribution in [3.8, 4) is 0 Å². The van der Waals surface area contributed by atoms with Crippen LogP contribution >= 0.6 is 0 Å². The van der Waals surface area contributed by atoms with Gasteiger partial charge in [-0.1, -0.05) is 36.4 Å². The van der Waals surface area contributed by atoms with Crippen molar-refractivity contribution >= 4 is 11.6 Å². The van der Waals surface area contributed by atoms with Crippen LogP contribution in [0.2, 0.25) is 0 Å². The molecule has 150 valence electrons. The summed E-state index contributed by atoms with van der Waals surface area (Å²) in [5.41, 5.74) is 4.80. The Morgan fingerprint density at radius 1 is 1.10 bits per heavy atom. The molecule has 1 aliphatic rings. The van der Waals surface area contributed by atoms with Gasteiger partial charge >= 0.3 is 0 Å². The fourth-order valence-corrected chi connectivity index (χ4v) is 4.02. The Morgan fingerprint density at radius 2 is 1.86 bits per heavy atom. The van der Waals surface area contributed by atoms with E-state index in [1.54, 1.807) is 0 Å². The summed E-state index contributed by atoms with van der Waals surface area (Å²) in [5, 5.41) is 7.42. The lowest BCUT2D eigenvalue weighted by Gasteiger charge is -2.14. The second-order valence-corrected chi connectivity index (χ2v) is 7.87. The third kappa shape index (κ3) is 4.54. The van der Waals surface area contributed by atoms with E-state index in [0.29, 0.717) is 6.42 Å². The summed E-state index contributed by atoms with van der Waals surface area (Å²) in [6, 6.07) is 16.7. The van der Waals surface area contributed by atoms with E-state index in [-0.39, 0.29) is 11.9 Å². The zero-order chi connectivity index (χ0) is 20.4. The number of carbonyl (C=O) groups excluding carboxylic acids is 1. The molecule has 0 saturated carbocycles. The standard InChI is InChI=1S/C23H27N5O/c1-16(28-18(3)24-17(2)26-28)11-23(29)25-22-10-9-20-14-27(15-21(20)12-22)13-19-7-5-4-6-8-19/h4-10,12,16H,11,13-15H2,1-3H3,(H,25,29)/t16-/m0/s1. The molecule has 6 nitrogen and oxygen atoms in total. The van der Waals surface area contributed by atoms with Gasteiger partial charge in [-0.3, -0.25) is 9.69 Å². The molecule has 0 spiro atoms. The maximum atomic E-state index is 12.5. The predicted molar refractivity (Wildman–Crippen MR) is 113 cm³/mol. The SMILES string of the molecule is Cc1nc(C)n([C@@H](C)CC(=O)Nc2ccc3c(c2)CN(Cc2ccccc2)C3)n1. The molecule has 1 aromatic heterocycles. The molecule has 0 bridgehead atoms. The summed E-state index contributed by atoms with van der Waals surface area (Å²) < 4.78 is 1.82. The molecule has 4 rings (SSSR count). The first-order valence-corrected chi connectivity index (χ1v) is 10.1. The van der Waals surface area contributed by atoms with Crippen molar-refractivity contribution in [2.45, 2.75) is 52.9 Å². The average molecular weight is 390 g/mol. The van der Waals surface area contributed by atoms with Crippen LogP contribution in [-0.2, 0) is 24.4 Å². The van der Waals surface area contributed by atoms with Crippen LogP contribution in [0.15, 0.2) is 48.5 Å². The molecule has 2 aromatic carbocycles. The van der Waals surface area contributed by atoms with Crippen molar-refractivity contribution in [2.75, 3.05) is 5.32 Å². The normalized spacial score (nSPS) is 14.6. The number of aryl methyl sites for hydroxylation is 2. The zero-order valence-corrected chi connectivity index (χ0v) is 17.2. The van der Waals surface area contributed by atoms with Gasteiger partial charge in [-0.2, -0.15) is 5.10 Å². The Bertz CT molecular complexity index is 1010. The van der Waals surface area contributed by atoms with E-state index < -0.39 is 0 Å². The highest BCUT2D eigenvalue weighted by Crippen LogP contribution is 2.27. The molecule has 0 aliphatic carbocycles. The van der Waals surface area contributed by atoms with Gasteiger partial charge in [0, 0.05) is 31.7 Å². The van der Waals surface area contributed by atoms with E-state index in [1.807, 2.05) is 37.6 Å². The van der Waals surface area contributed by atoms with Crippen LogP contribution in [0.3, 0.4) is 0 Å². The van der Waals surface area contributed by atoms with Gasteiger partial charge in [-0.05, 0) is 49.6 Å². The van der Waals surface area contributed by atoms with Crippen LogP contribution in [0.5, 0.6) is 0 Å². The highest BCUT2D eigenvalue weighted by Gasteiger charge is 2.20. The number of hydrogen-bond donors (Lipinski definition) is 1. The molecule has 1 aliphatic heterocycles. The van der Waals surface area contributed by atoms with Crippen molar-refractivity contribution in [2.24, 2.45) is 0 Å². The Balaban J connectivity index is 1.36. The van der Waals surface area contributed by atoms with Crippen LogP contribution < -0.4 is 5.32 Å². The Kier molecular flexibility index (Phi) is 5.45. The summed E-state index contributed by atoms with van der Waals surface area (Å²) >= 11 is 0. The molecule has 0 fully saturated rings. The Morgan fingerprint density at radius 3 is 2.59 bits per heavy atom. The molecule has 1 amide bonds. The first-order chi connectivity index (χ1) is 14.0. The number of aromatic nitrogens is 3. The quantitative estimate of drug-likeness (QED) is 0.692. The Hall–Kier alpha value is -2.99. The summed E-state index contributed by atoms with van der Waals surface area (Å²) in [5.74, 6) is 1.55. The number of amides is 1. The summed E-state index contributed by atoms with van der Waals surface area (Å²) in [4.78, 5) is 19.3. The van der Waals surface area contributed by atoms with E-state index in [0.717, 1.165) is 37.0 Å². The highest BCUT2D eigenvalue weighted by atomic mass is 16.1. The largest absolute Gasteiger partial charge is 0.326 e. The van der Waals surface area contributed by atoms with Crippen LogP contribution in [0.4, 0.5) is 5.69 Å². The smallest absolute Gasteiger partial charge is 0.226 e. The predicted octanol–water partition coefficient (Wildman–Crippen LogP) is 4.00. The maximum absolute atomic E-state index is 12.5. The first-order valence-electron chi connectivity index (χ1n) is 10.1. The number of hydrogen-bond acceptors (Lipinski definition) is 4. The molecule has 29 heavy (non-hydrogen) atoms. The van der Waals surface area contributed by atoms with E-state index in [1.165, 1.54) is 16.7 Å². The number of anilines is 1. The van der Waals surface area contributed by atoms with Gasteiger partial charge in [0.25, 0.3) is 0 Å². The fraction of sp³-hybridized carbons (Fsp3) is 0.348. The van der Waals surface area contributed by atoms with E-state index in [2.05, 4.69) is 56.7 Å². The van der Waals surface area contributed by atoms with Crippen LogP contribution in [0, 0.1) is 13.8 Å². The number of nitrogens with one attached hydrogen (secondary N) is 1. The fourth-order valence-electron chi connectivity index (χ4n) is 4.02. The van der Waals surface area contributed by atoms with E-state index in [9.17, 15) is 4.79 Å². The zero-order valence-electron chi connectivity index (χ0n) is 17.2. The lowest BCUT2D eigenvalue weighted by molar-refractivity contribution is -0.116. The minimum atomic E-state index is -0.0352. The summed E-state index contributed by atoms with van der Waals surface area (Å²) in [6.07, 6.45) is 0.362. The molecule has 0 unspecified atom stereocenters. The average Bonchev–Trinajstić information content (AvgIpc) is 3.23. The maximum Gasteiger partial charge on any atom is 0.226 e. The second kappa shape index (κ2) is 8.17. The topological polar surface area (TPSA) is 63.1 Å². The van der Waals surface area contributed by atoms with Gasteiger partial charge in [0.2, 0.25) is 5.91 Å². The lowest BCUT2D eigenvalue weighted by Crippen LogP contribution is -2.19. The van der Waals surface area contributed by atoms with Gasteiger partial charge in [0.1, 0.15) is 11.6 Å². The van der Waals surface area contributed by atoms with Crippen LogP contribution in [0.25, 0.3) is 0 Å². The molecule has 0 saturated heterocycles. The molecule has 3 aromatic rings. The van der Waals surface area contributed by atoms with Crippen molar-refractivity contribution in [1.82, 2.24) is 19.7 Å². The minimum Gasteiger partial charge on any atom is -0.326 e. The van der Waals surface area contributed by atoms with Crippen molar-refractivity contribution < 1.29 is 4.79 Å². The third-order valence-electron chi connectivity index (χ3n) is 5.33. The van der Waals surface area contributed by atoms with Crippen molar-refractivity contribution in [3.05, 3.63) is 76.9 Å². The lowest BCUT2D eigenvalue weighted by atomic mass is 10.1. The van der Waals surface area contributed by atoms with E-state index in [4.69, 9.17) is 0 Å². The van der Waals surface area contributed by atoms with Gasteiger partial charge in [0.15, 0.2) is 0 Å². The molecule has 1 N–H and O–H groups in total. The van der Waals surface area contributed by atoms with Gasteiger partial charge in [-0.15, -0.1) is 0 Å². The molecule has 6 heteroatoms. The molecular formula is C23H27N5O. The second-order valence-electron chi connectivity index (χ2n) is 7.87. The van der Waals surface area contributed by atoms with Crippen molar-refractivity contribution in [1.29, 1.82) is 0 Å². The monoisotopic (exact) mass is 389 g/mol. The summed E-state index contributed by atoms with van der Waals surface area (Å²) in [7, 11) is 0.